The Morgan fingerprint density at radius 2 is 1.94 bits per heavy atom. The number of carbonyl (C=O) groups excluding carboxylic acids is 1. The van der Waals surface area contributed by atoms with Crippen LogP contribution in [0.2, 0.25) is 0 Å². The number of amides is 1. The number of nitrogens with one attached hydrogen (secondary N) is 3. The van der Waals surface area contributed by atoms with Crippen LogP contribution < -0.4 is 20.9 Å². The summed E-state index contributed by atoms with van der Waals surface area (Å²) in [7, 11) is 5.86. The first-order valence-electron chi connectivity index (χ1n) is 12.1. The second kappa shape index (κ2) is 11.0. The maximum atomic E-state index is 12.3. The summed E-state index contributed by atoms with van der Waals surface area (Å²) in [6, 6.07) is 8.93. The minimum absolute atomic E-state index is 0.227. The fraction of sp³-hybridized carbons (Fsp3) is 0.538. The second-order valence-corrected chi connectivity index (χ2v) is 9.76. The molecule has 1 aliphatic rings. The number of rotatable bonds is 8. The van der Waals surface area contributed by atoms with E-state index < -0.39 is 5.60 Å². The van der Waals surface area contributed by atoms with Crippen LogP contribution in [0.3, 0.4) is 0 Å². The van der Waals surface area contributed by atoms with E-state index in [9.17, 15) is 4.79 Å². The van der Waals surface area contributed by atoms with E-state index in [0.29, 0.717) is 6.54 Å². The Balaban J connectivity index is 1.64. The van der Waals surface area contributed by atoms with E-state index in [1.165, 1.54) is 11.1 Å². The lowest BCUT2D eigenvalue weighted by Crippen LogP contribution is -2.38. The highest BCUT2D eigenvalue weighted by Gasteiger charge is 2.29. The topological polar surface area (TPSA) is 81.8 Å². The summed E-state index contributed by atoms with van der Waals surface area (Å²) in [5, 5.41) is 10.00. The number of anilines is 4. The molecule has 2 heterocycles. The molecule has 1 atom stereocenters. The van der Waals surface area contributed by atoms with Gasteiger partial charge in [-0.05, 0) is 50.8 Å². The van der Waals surface area contributed by atoms with Crippen molar-refractivity contribution in [2.75, 3.05) is 49.8 Å². The molecule has 3 N–H and O–H groups in total. The highest BCUT2D eigenvalue weighted by Crippen LogP contribution is 2.31. The van der Waals surface area contributed by atoms with E-state index in [-0.39, 0.29) is 12.1 Å². The average Bonchev–Trinajstić information content (AvgIpc) is 3.30. The summed E-state index contributed by atoms with van der Waals surface area (Å²) in [6.07, 6.45) is 3.49. The summed E-state index contributed by atoms with van der Waals surface area (Å²) >= 11 is 0. The zero-order chi connectivity index (χ0) is 24.9. The lowest BCUT2D eigenvalue weighted by molar-refractivity contribution is 0.0291. The van der Waals surface area contributed by atoms with Gasteiger partial charge >= 0.3 is 6.09 Å². The summed E-state index contributed by atoms with van der Waals surface area (Å²) in [5.74, 6) is 0.886. The standard InChI is InChI=1S/C26H40N6O2/c1-8-19-13-18(15-29-20-11-12-32(17-20)25(33)34-26(2,3)4)9-10-23(19)31(7)24-14-21(27-5)22(28-6)16-30-24/h9-10,13-14,16,20,28-29H,8,11-12,15,17H2,1-7H3,(H,27,30). The maximum absolute atomic E-state index is 12.3. The Kier molecular flexibility index (Phi) is 8.25. The van der Waals surface area contributed by atoms with Crippen LogP contribution in [0, 0.1) is 0 Å². The van der Waals surface area contributed by atoms with Crippen molar-refractivity contribution < 1.29 is 9.53 Å². The highest BCUT2D eigenvalue weighted by molar-refractivity contribution is 5.74. The molecule has 0 spiro atoms. The number of likely N-dealkylation sites (tertiary alicyclic amines) is 1. The average molecular weight is 469 g/mol. The van der Waals surface area contributed by atoms with Gasteiger partial charge in [0.05, 0.1) is 17.6 Å². The van der Waals surface area contributed by atoms with Gasteiger partial charge in [0.1, 0.15) is 11.4 Å². The van der Waals surface area contributed by atoms with E-state index in [2.05, 4.69) is 64.1 Å². The number of benzene rings is 1. The first kappa shape index (κ1) is 25.6. The van der Waals surface area contributed by atoms with Crippen molar-refractivity contribution in [3.8, 4) is 0 Å². The molecule has 186 valence electrons. The molecule has 1 aromatic carbocycles. The van der Waals surface area contributed by atoms with Crippen molar-refractivity contribution in [1.29, 1.82) is 0 Å². The van der Waals surface area contributed by atoms with Crippen LogP contribution in [0.4, 0.5) is 27.7 Å². The first-order valence-corrected chi connectivity index (χ1v) is 12.1. The van der Waals surface area contributed by atoms with E-state index in [0.717, 1.165) is 48.8 Å². The largest absolute Gasteiger partial charge is 0.444 e. The number of hydrogen-bond acceptors (Lipinski definition) is 7. The van der Waals surface area contributed by atoms with Gasteiger partial charge in [-0.25, -0.2) is 9.78 Å². The van der Waals surface area contributed by atoms with E-state index in [1.54, 1.807) is 4.90 Å². The molecule has 0 aliphatic carbocycles. The predicted molar refractivity (Wildman–Crippen MR) is 140 cm³/mol. The van der Waals surface area contributed by atoms with Crippen molar-refractivity contribution >= 4 is 29.0 Å². The molecule has 34 heavy (non-hydrogen) atoms. The van der Waals surface area contributed by atoms with Gasteiger partial charge in [0, 0.05) is 58.6 Å². The number of aryl methyl sites for hydroxylation is 1. The number of nitrogens with zero attached hydrogens (tertiary/aromatic N) is 3. The Morgan fingerprint density at radius 1 is 1.21 bits per heavy atom. The van der Waals surface area contributed by atoms with Gasteiger partial charge in [-0.2, -0.15) is 0 Å². The van der Waals surface area contributed by atoms with Crippen LogP contribution in [0.1, 0.15) is 45.2 Å². The molecule has 8 heteroatoms. The summed E-state index contributed by atoms with van der Waals surface area (Å²) in [4.78, 5) is 20.9. The molecule has 3 rings (SSSR count). The van der Waals surface area contributed by atoms with Crippen molar-refractivity contribution in [3.63, 3.8) is 0 Å². The van der Waals surface area contributed by atoms with Gasteiger partial charge in [-0.1, -0.05) is 19.1 Å². The van der Waals surface area contributed by atoms with Crippen LogP contribution in [0.5, 0.6) is 0 Å². The molecule has 1 aromatic heterocycles. The Labute approximate surface area is 204 Å². The zero-order valence-electron chi connectivity index (χ0n) is 21.7. The molecule has 0 bridgehead atoms. The maximum Gasteiger partial charge on any atom is 0.410 e. The Bertz CT molecular complexity index is 988. The van der Waals surface area contributed by atoms with Gasteiger partial charge in [0.25, 0.3) is 0 Å². The van der Waals surface area contributed by atoms with E-state index >= 15 is 0 Å². The molecule has 2 aromatic rings. The third-order valence-electron chi connectivity index (χ3n) is 6.09. The fourth-order valence-electron chi connectivity index (χ4n) is 4.20. The summed E-state index contributed by atoms with van der Waals surface area (Å²) in [5.41, 5.74) is 5.17. The number of hydrogen-bond donors (Lipinski definition) is 3. The number of aromatic nitrogens is 1. The monoisotopic (exact) mass is 468 g/mol. The Morgan fingerprint density at radius 3 is 2.59 bits per heavy atom. The van der Waals surface area contributed by atoms with E-state index in [1.807, 2.05) is 41.1 Å². The minimum Gasteiger partial charge on any atom is -0.444 e. The Hall–Kier alpha value is -3.00. The van der Waals surface area contributed by atoms with E-state index in [4.69, 9.17) is 4.74 Å². The number of pyridine rings is 1. The van der Waals surface area contributed by atoms with Crippen LogP contribution in [-0.4, -0.2) is 61.9 Å². The van der Waals surface area contributed by atoms with Gasteiger partial charge in [-0.3, -0.25) is 0 Å². The normalized spacial score (nSPS) is 15.9. The van der Waals surface area contributed by atoms with Gasteiger partial charge < -0.3 is 30.5 Å². The third-order valence-corrected chi connectivity index (χ3v) is 6.09. The SMILES string of the molecule is CCc1cc(CNC2CCN(C(=O)OC(C)(C)C)C2)ccc1N(C)c1cc(NC)c(NC)cn1. The first-order chi connectivity index (χ1) is 16.1. The lowest BCUT2D eigenvalue weighted by Gasteiger charge is -2.24. The minimum atomic E-state index is -0.465. The molecule has 1 fully saturated rings. The van der Waals surface area contributed by atoms with Crippen LogP contribution in [0.15, 0.2) is 30.5 Å². The smallest absolute Gasteiger partial charge is 0.410 e. The van der Waals surface area contributed by atoms with Gasteiger partial charge in [0.2, 0.25) is 0 Å². The summed E-state index contributed by atoms with van der Waals surface area (Å²) < 4.78 is 5.50. The molecule has 1 amide bonds. The predicted octanol–water partition coefficient (Wildman–Crippen LogP) is 4.59. The molecule has 0 radical (unpaired) electrons. The van der Waals surface area contributed by atoms with Gasteiger partial charge in [0.15, 0.2) is 0 Å². The zero-order valence-corrected chi connectivity index (χ0v) is 21.7. The van der Waals surface area contributed by atoms with Crippen LogP contribution in [-0.2, 0) is 17.7 Å². The molecule has 1 aliphatic heterocycles. The molecule has 1 unspecified atom stereocenters. The van der Waals surface area contributed by atoms with Crippen molar-refractivity contribution in [1.82, 2.24) is 15.2 Å². The summed E-state index contributed by atoms with van der Waals surface area (Å²) in [6.45, 7) is 10.0. The van der Waals surface area contributed by atoms with Gasteiger partial charge in [-0.15, -0.1) is 0 Å². The van der Waals surface area contributed by atoms with Crippen molar-refractivity contribution in [2.45, 2.75) is 58.7 Å². The molecular weight excluding hydrogens is 428 g/mol. The van der Waals surface area contributed by atoms with Crippen molar-refractivity contribution in [3.05, 3.63) is 41.6 Å². The molecular formula is C26H40N6O2. The fourth-order valence-corrected chi connectivity index (χ4v) is 4.20. The number of ether oxygens (including phenoxy) is 1. The second-order valence-electron chi connectivity index (χ2n) is 9.76. The molecule has 0 saturated carbocycles. The molecule has 1 saturated heterocycles. The van der Waals surface area contributed by atoms with Crippen LogP contribution in [0.25, 0.3) is 0 Å². The van der Waals surface area contributed by atoms with Crippen LogP contribution >= 0.6 is 0 Å². The van der Waals surface area contributed by atoms with Crippen molar-refractivity contribution in [2.24, 2.45) is 0 Å². The number of carbonyl (C=O) groups is 1. The lowest BCUT2D eigenvalue weighted by atomic mass is 10.0. The highest BCUT2D eigenvalue weighted by atomic mass is 16.6. The third kappa shape index (κ3) is 6.32. The molecule has 8 nitrogen and oxygen atoms in total. The quantitative estimate of drug-likeness (QED) is 0.523.